The number of hydrogen-bond acceptors (Lipinski definition) is 4. The van der Waals surface area contributed by atoms with E-state index in [0.29, 0.717) is 11.4 Å². The molecule has 0 aliphatic carbocycles. The summed E-state index contributed by atoms with van der Waals surface area (Å²) in [5.74, 6) is 0.0730. The molecule has 0 saturated carbocycles. The highest BCUT2D eigenvalue weighted by Crippen LogP contribution is 2.15. The van der Waals surface area contributed by atoms with Crippen molar-refractivity contribution < 1.29 is 13.9 Å². The largest absolute Gasteiger partial charge is 0.488 e. The molecule has 1 atom stereocenters. The van der Waals surface area contributed by atoms with Crippen molar-refractivity contribution in [2.75, 3.05) is 6.61 Å². The first-order chi connectivity index (χ1) is 12.1. The van der Waals surface area contributed by atoms with Crippen LogP contribution >= 0.6 is 0 Å². The standard InChI is InChI=1S/C18H17FN4O2/c1-13(11-25-16-5-3-2-4-15(16)19)22-18(24)14-6-7-21-17(10-14)23-9-8-20-12-23/h2-10,12-13H,11H2,1H3,(H,22,24). The van der Waals surface area contributed by atoms with Gasteiger partial charge in [0.25, 0.3) is 5.91 Å². The first kappa shape index (κ1) is 16.6. The highest BCUT2D eigenvalue weighted by Gasteiger charge is 2.12. The molecule has 25 heavy (non-hydrogen) atoms. The number of aromatic nitrogens is 3. The van der Waals surface area contributed by atoms with Crippen LogP contribution < -0.4 is 10.1 Å². The Balaban J connectivity index is 1.60. The van der Waals surface area contributed by atoms with Gasteiger partial charge < -0.3 is 10.1 Å². The average molecular weight is 340 g/mol. The third-order valence-electron chi connectivity index (χ3n) is 3.48. The smallest absolute Gasteiger partial charge is 0.251 e. The van der Waals surface area contributed by atoms with Crippen molar-refractivity contribution in [1.82, 2.24) is 19.9 Å². The summed E-state index contributed by atoms with van der Waals surface area (Å²) in [6, 6.07) is 9.15. The number of carbonyl (C=O) groups excluding carboxylic acids is 1. The Hall–Kier alpha value is -3.22. The van der Waals surface area contributed by atoms with Gasteiger partial charge in [0.15, 0.2) is 11.6 Å². The Morgan fingerprint density at radius 1 is 1.32 bits per heavy atom. The Morgan fingerprint density at radius 2 is 2.16 bits per heavy atom. The fraction of sp³-hybridized carbons (Fsp3) is 0.167. The average Bonchev–Trinajstić information content (AvgIpc) is 3.16. The number of halogens is 1. The summed E-state index contributed by atoms with van der Waals surface area (Å²) < 4.78 is 20.6. The zero-order valence-corrected chi connectivity index (χ0v) is 13.6. The predicted octanol–water partition coefficient (Wildman–Crippen LogP) is 2.60. The molecule has 1 unspecified atom stereocenters. The molecule has 3 aromatic rings. The van der Waals surface area contributed by atoms with Crippen LogP contribution in [0.2, 0.25) is 0 Å². The number of nitrogens with one attached hydrogen (secondary N) is 1. The Morgan fingerprint density at radius 3 is 2.92 bits per heavy atom. The summed E-state index contributed by atoms with van der Waals surface area (Å²) in [6.45, 7) is 1.95. The maximum absolute atomic E-state index is 13.5. The number of imidazole rings is 1. The number of para-hydroxylation sites is 1. The maximum Gasteiger partial charge on any atom is 0.251 e. The summed E-state index contributed by atoms with van der Waals surface area (Å²) in [7, 11) is 0. The number of amides is 1. The van der Waals surface area contributed by atoms with Crippen molar-refractivity contribution in [3.05, 3.63) is 72.7 Å². The van der Waals surface area contributed by atoms with E-state index < -0.39 is 5.82 Å². The SMILES string of the molecule is CC(COc1ccccc1F)NC(=O)c1ccnc(-n2ccnc2)c1. The van der Waals surface area contributed by atoms with Crippen LogP contribution in [-0.2, 0) is 0 Å². The third kappa shape index (κ3) is 4.20. The minimum absolute atomic E-state index is 0.159. The summed E-state index contributed by atoms with van der Waals surface area (Å²) in [4.78, 5) is 20.5. The Bertz CT molecular complexity index is 852. The van der Waals surface area contributed by atoms with Gasteiger partial charge in [0.1, 0.15) is 18.8 Å². The normalized spacial score (nSPS) is 11.8. The van der Waals surface area contributed by atoms with Gasteiger partial charge in [-0.25, -0.2) is 14.4 Å². The minimum atomic E-state index is -0.430. The van der Waals surface area contributed by atoms with Gasteiger partial charge in [0.05, 0.1) is 6.04 Å². The number of benzene rings is 1. The second kappa shape index (κ2) is 7.57. The molecule has 128 valence electrons. The van der Waals surface area contributed by atoms with Crippen LogP contribution in [0.4, 0.5) is 4.39 Å². The molecule has 0 fully saturated rings. The molecule has 2 heterocycles. The second-order valence-electron chi connectivity index (χ2n) is 5.49. The fourth-order valence-corrected chi connectivity index (χ4v) is 2.22. The molecule has 0 bridgehead atoms. The molecule has 1 amide bonds. The maximum atomic E-state index is 13.5. The van der Waals surface area contributed by atoms with Gasteiger partial charge in [-0.1, -0.05) is 12.1 Å². The van der Waals surface area contributed by atoms with Crippen LogP contribution in [0.25, 0.3) is 5.82 Å². The molecule has 3 rings (SSSR count). The van der Waals surface area contributed by atoms with Crippen molar-refractivity contribution in [3.8, 4) is 11.6 Å². The zero-order valence-electron chi connectivity index (χ0n) is 13.6. The molecule has 2 aromatic heterocycles. The molecule has 0 aliphatic heterocycles. The molecule has 7 heteroatoms. The molecule has 0 saturated heterocycles. The molecule has 0 spiro atoms. The Kier molecular flexibility index (Phi) is 5.03. The van der Waals surface area contributed by atoms with E-state index in [9.17, 15) is 9.18 Å². The van der Waals surface area contributed by atoms with Gasteiger partial charge in [-0.05, 0) is 31.2 Å². The number of rotatable bonds is 6. The molecule has 6 nitrogen and oxygen atoms in total. The van der Waals surface area contributed by atoms with Gasteiger partial charge in [-0.3, -0.25) is 9.36 Å². The highest BCUT2D eigenvalue weighted by atomic mass is 19.1. The van der Waals surface area contributed by atoms with Crippen LogP contribution in [-0.4, -0.2) is 33.1 Å². The quantitative estimate of drug-likeness (QED) is 0.749. The van der Waals surface area contributed by atoms with Gasteiger partial charge in [0, 0.05) is 24.2 Å². The molecular formula is C18H17FN4O2. The van der Waals surface area contributed by atoms with Crippen LogP contribution in [0.15, 0.2) is 61.3 Å². The highest BCUT2D eigenvalue weighted by molar-refractivity contribution is 5.94. The third-order valence-corrected chi connectivity index (χ3v) is 3.48. The van der Waals surface area contributed by atoms with E-state index in [1.165, 1.54) is 6.07 Å². The number of hydrogen-bond donors (Lipinski definition) is 1. The lowest BCUT2D eigenvalue weighted by atomic mass is 10.2. The first-order valence-corrected chi connectivity index (χ1v) is 7.76. The van der Waals surface area contributed by atoms with Crippen molar-refractivity contribution in [2.45, 2.75) is 13.0 Å². The lowest BCUT2D eigenvalue weighted by Crippen LogP contribution is -2.36. The van der Waals surface area contributed by atoms with Crippen molar-refractivity contribution in [1.29, 1.82) is 0 Å². The van der Waals surface area contributed by atoms with Crippen LogP contribution in [0.5, 0.6) is 5.75 Å². The lowest BCUT2D eigenvalue weighted by molar-refractivity contribution is 0.0926. The summed E-state index contributed by atoms with van der Waals surface area (Å²) >= 11 is 0. The van der Waals surface area contributed by atoms with Crippen molar-refractivity contribution in [2.24, 2.45) is 0 Å². The summed E-state index contributed by atoms with van der Waals surface area (Å²) in [5.41, 5.74) is 0.469. The molecule has 0 radical (unpaired) electrons. The van der Waals surface area contributed by atoms with E-state index in [2.05, 4.69) is 15.3 Å². The van der Waals surface area contributed by atoms with E-state index in [-0.39, 0.29) is 24.3 Å². The monoisotopic (exact) mass is 340 g/mol. The van der Waals surface area contributed by atoms with E-state index in [1.807, 2.05) is 0 Å². The van der Waals surface area contributed by atoms with Crippen molar-refractivity contribution >= 4 is 5.91 Å². The van der Waals surface area contributed by atoms with E-state index in [0.717, 1.165) is 0 Å². The second-order valence-corrected chi connectivity index (χ2v) is 5.49. The van der Waals surface area contributed by atoms with Crippen LogP contribution in [0.3, 0.4) is 0 Å². The number of pyridine rings is 1. The zero-order chi connectivity index (χ0) is 17.6. The predicted molar refractivity (Wildman–Crippen MR) is 90.2 cm³/mol. The van der Waals surface area contributed by atoms with Gasteiger partial charge in [-0.15, -0.1) is 0 Å². The summed E-state index contributed by atoms with van der Waals surface area (Å²) in [5, 5.41) is 2.82. The first-order valence-electron chi connectivity index (χ1n) is 7.76. The molecule has 1 aromatic carbocycles. The fourth-order valence-electron chi connectivity index (χ4n) is 2.22. The minimum Gasteiger partial charge on any atom is -0.488 e. The molecule has 0 aliphatic rings. The Labute approximate surface area is 144 Å². The van der Waals surface area contributed by atoms with Crippen LogP contribution in [0.1, 0.15) is 17.3 Å². The van der Waals surface area contributed by atoms with Crippen molar-refractivity contribution in [3.63, 3.8) is 0 Å². The van der Waals surface area contributed by atoms with Gasteiger partial charge >= 0.3 is 0 Å². The van der Waals surface area contributed by atoms with Crippen LogP contribution in [0, 0.1) is 5.82 Å². The molecule has 1 N–H and O–H groups in total. The lowest BCUT2D eigenvalue weighted by Gasteiger charge is -2.15. The van der Waals surface area contributed by atoms with E-state index in [4.69, 9.17) is 4.74 Å². The van der Waals surface area contributed by atoms with Gasteiger partial charge in [-0.2, -0.15) is 0 Å². The molecular weight excluding hydrogens is 323 g/mol. The van der Waals surface area contributed by atoms with E-state index >= 15 is 0 Å². The van der Waals surface area contributed by atoms with Gasteiger partial charge in [0.2, 0.25) is 0 Å². The number of ether oxygens (including phenoxy) is 1. The number of carbonyl (C=O) groups is 1. The number of nitrogens with zero attached hydrogens (tertiary/aromatic N) is 3. The summed E-state index contributed by atoms with van der Waals surface area (Å²) in [6.07, 6.45) is 6.55. The topological polar surface area (TPSA) is 69.0 Å². The van der Waals surface area contributed by atoms with E-state index in [1.54, 1.807) is 66.7 Å².